The number of hydrogen-bond acceptors (Lipinski definition) is 2. The van der Waals surface area contributed by atoms with E-state index in [0.717, 1.165) is 58.4 Å². The second-order valence-electron chi connectivity index (χ2n) is 14.5. The SMILES string of the molecule is C1=C=c2oc3c(cc(-c4ccccc4)c4ccccc43)c2=C(N(C2=C(c3ccccc3)C=CCC2)C2C=CC(c3ccc(-c4ccccc4)cc3)CC2)C=1. The monoisotopic (exact) mass is 693 g/mol. The molecule has 2 nitrogen and oxygen atoms in total. The predicted molar refractivity (Wildman–Crippen MR) is 224 cm³/mol. The van der Waals surface area contributed by atoms with Crippen LogP contribution in [0.5, 0.6) is 0 Å². The Morgan fingerprint density at radius 3 is 2.00 bits per heavy atom. The Labute approximate surface area is 316 Å². The minimum Gasteiger partial charge on any atom is -0.446 e. The lowest BCUT2D eigenvalue weighted by Crippen LogP contribution is -2.39. The molecule has 0 spiro atoms. The second-order valence-corrected chi connectivity index (χ2v) is 14.5. The third kappa shape index (κ3) is 5.70. The van der Waals surface area contributed by atoms with Crippen molar-refractivity contribution in [2.45, 2.75) is 37.6 Å². The van der Waals surface area contributed by atoms with E-state index in [1.165, 1.54) is 50.0 Å². The highest BCUT2D eigenvalue weighted by Crippen LogP contribution is 2.40. The van der Waals surface area contributed by atoms with Crippen LogP contribution in [0.3, 0.4) is 0 Å². The van der Waals surface area contributed by atoms with Gasteiger partial charge in [-0.15, -0.1) is 0 Å². The molecule has 0 amide bonds. The molecule has 0 saturated heterocycles. The van der Waals surface area contributed by atoms with E-state index in [-0.39, 0.29) is 6.04 Å². The maximum absolute atomic E-state index is 6.79. The molecule has 2 heteroatoms. The summed E-state index contributed by atoms with van der Waals surface area (Å²) in [4.78, 5) is 2.62. The third-order valence-electron chi connectivity index (χ3n) is 11.3. The average molecular weight is 694 g/mol. The van der Waals surface area contributed by atoms with Crippen molar-refractivity contribution in [1.29, 1.82) is 0 Å². The zero-order chi connectivity index (χ0) is 35.8. The highest BCUT2D eigenvalue weighted by molar-refractivity contribution is 6.12. The van der Waals surface area contributed by atoms with Crippen LogP contribution < -0.4 is 10.6 Å². The number of furan rings is 1. The highest BCUT2D eigenvalue weighted by Gasteiger charge is 2.30. The van der Waals surface area contributed by atoms with Crippen molar-refractivity contribution in [3.05, 3.63) is 209 Å². The molecule has 6 aromatic carbocycles. The molecule has 1 aromatic heterocycles. The van der Waals surface area contributed by atoms with E-state index in [0.29, 0.717) is 5.92 Å². The molecular formula is C52H39NO. The van der Waals surface area contributed by atoms with E-state index in [4.69, 9.17) is 4.42 Å². The molecule has 10 rings (SSSR count). The minimum absolute atomic E-state index is 0.156. The van der Waals surface area contributed by atoms with Gasteiger partial charge >= 0.3 is 0 Å². The van der Waals surface area contributed by atoms with E-state index in [9.17, 15) is 0 Å². The molecule has 258 valence electrons. The maximum atomic E-state index is 6.79. The van der Waals surface area contributed by atoms with Gasteiger partial charge in [-0.2, -0.15) is 0 Å². The summed E-state index contributed by atoms with van der Waals surface area (Å²) in [6, 6.07) is 52.5. The fourth-order valence-electron chi connectivity index (χ4n) is 8.71. The largest absolute Gasteiger partial charge is 0.446 e. The lowest BCUT2D eigenvalue weighted by Gasteiger charge is -2.39. The van der Waals surface area contributed by atoms with Gasteiger partial charge in [0.1, 0.15) is 5.58 Å². The number of allylic oxidation sites excluding steroid dienone is 5. The van der Waals surface area contributed by atoms with Crippen LogP contribution in [-0.4, -0.2) is 10.9 Å². The van der Waals surface area contributed by atoms with Crippen LogP contribution in [0.15, 0.2) is 192 Å². The van der Waals surface area contributed by atoms with E-state index < -0.39 is 0 Å². The normalized spacial score (nSPS) is 17.6. The van der Waals surface area contributed by atoms with Crippen molar-refractivity contribution in [3.8, 4) is 22.3 Å². The van der Waals surface area contributed by atoms with Gasteiger partial charge in [0.2, 0.25) is 0 Å². The van der Waals surface area contributed by atoms with Crippen molar-refractivity contribution in [1.82, 2.24) is 4.90 Å². The standard InChI is InChI=1S/C52H39NO/c1-4-15-36(16-5-1)37-27-29-38(30-28-37)39-31-33-42(34-32-39)53(48-24-13-12-21-43(48)40-17-6-2-7-18-40)49-25-14-26-50-51(49)47-35-46(41-19-8-3-9-20-41)44-22-10-11-23-45(44)52(47)54-50/h1-12,15-23,25,27-31,33,35,39,42H,13,24,32,34H2. The molecule has 0 fully saturated rings. The first-order valence-electron chi connectivity index (χ1n) is 19.1. The van der Waals surface area contributed by atoms with Crippen LogP contribution >= 0.6 is 0 Å². The van der Waals surface area contributed by atoms with E-state index in [2.05, 4.69) is 192 Å². The summed E-state index contributed by atoms with van der Waals surface area (Å²) in [6.45, 7) is 0. The van der Waals surface area contributed by atoms with E-state index >= 15 is 0 Å². The topological polar surface area (TPSA) is 16.4 Å². The minimum atomic E-state index is 0.156. The van der Waals surface area contributed by atoms with Crippen molar-refractivity contribution in [2.24, 2.45) is 0 Å². The van der Waals surface area contributed by atoms with E-state index in [1.807, 2.05) is 0 Å². The Balaban J connectivity index is 1.15. The predicted octanol–water partition coefficient (Wildman–Crippen LogP) is 11.7. The van der Waals surface area contributed by atoms with E-state index in [1.54, 1.807) is 0 Å². The van der Waals surface area contributed by atoms with Crippen molar-refractivity contribution in [2.75, 3.05) is 0 Å². The van der Waals surface area contributed by atoms with Gasteiger partial charge in [0.15, 0.2) is 5.42 Å². The fourth-order valence-corrected chi connectivity index (χ4v) is 8.71. The van der Waals surface area contributed by atoms with Gasteiger partial charge in [-0.1, -0.05) is 170 Å². The molecule has 54 heavy (non-hydrogen) atoms. The summed E-state index contributed by atoms with van der Waals surface area (Å²) in [6.07, 6.45) is 15.7. The van der Waals surface area contributed by atoms with Gasteiger partial charge in [-0.3, -0.25) is 0 Å². The van der Waals surface area contributed by atoms with Crippen molar-refractivity contribution in [3.63, 3.8) is 0 Å². The molecule has 1 heterocycles. The Morgan fingerprint density at radius 2 is 1.28 bits per heavy atom. The third-order valence-corrected chi connectivity index (χ3v) is 11.3. The number of hydrogen-bond donors (Lipinski definition) is 0. The second kappa shape index (κ2) is 13.8. The van der Waals surface area contributed by atoms with Crippen LogP contribution in [0, 0.1) is 0 Å². The first-order chi connectivity index (χ1) is 26.8. The highest BCUT2D eigenvalue weighted by atomic mass is 16.3. The van der Waals surface area contributed by atoms with Crippen molar-refractivity contribution >= 4 is 38.7 Å². The molecule has 0 saturated carbocycles. The molecular weight excluding hydrogens is 655 g/mol. The fraction of sp³-hybridized carbons (Fsp3) is 0.115. The number of fused-ring (bicyclic) bond motifs is 5. The molecule has 0 radical (unpaired) electrons. The first-order valence-corrected chi connectivity index (χ1v) is 19.1. The summed E-state index contributed by atoms with van der Waals surface area (Å²) in [5, 5.41) is 4.49. The smallest absolute Gasteiger partial charge is 0.187 e. The Morgan fingerprint density at radius 1 is 0.611 bits per heavy atom. The molecule has 3 aliphatic rings. The van der Waals surface area contributed by atoms with Crippen LogP contribution in [0.25, 0.3) is 61.0 Å². The summed E-state index contributed by atoms with van der Waals surface area (Å²) in [5.41, 5.74) is 19.7. The summed E-state index contributed by atoms with van der Waals surface area (Å²) in [5.74, 6) is 0.368. The number of rotatable bonds is 7. The Hall–Kier alpha value is -6.56. The lowest BCUT2D eigenvalue weighted by molar-refractivity contribution is 0.358. The van der Waals surface area contributed by atoms with Crippen LogP contribution in [0.2, 0.25) is 0 Å². The van der Waals surface area contributed by atoms with Gasteiger partial charge in [0, 0.05) is 34.0 Å². The lowest BCUT2D eigenvalue weighted by atomic mass is 9.85. The zero-order valence-electron chi connectivity index (χ0n) is 30.1. The Kier molecular flexibility index (Phi) is 8.19. The molecule has 2 atom stereocenters. The summed E-state index contributed by atoms with van der Waals surface area (Å²) >= 11 is 0. The molecule has 3 aliphatic carbocycles. The maximum Gasteiger partial charge on any atom is 0.187 e. The van der Waals surface area contributed by atoms with Gasteiger partial charge in [-0.05, 0) is 76.2 Å². The van der Waals surface area contributed by atoms with Crippen LogP contribution in [0.1, 0.15) is 42.7 Å². The molecule has 0 bridgehead atoms. The molecule has 7 aromatic rings. The van der Waals surface area contributed by atoms with Gasteiger partial charge in [0.05, 0.1) is 17.0 Å². The molecule has 2 unspecified atom stereocenters. The first kappa shape index (κ1) is 32.1. The zero-order valence-corrected chi connectivity index (χ0v) is 30.1. The average Bonchev–Trinajstić information content (AvgIpc) is 3.65. The molecule has 0 N–H and O–H groups in total. The quantitative estimate of drug-likeness (QED) is 0.122. The van der Waals surface area contributed by atoms with Gasteiger partial charge < -0.3 is 9.32 Å². The number of nitrogens with zero attached hydrogens (tertiary/aromatic N) is 1. The van der Waals surface area contributed by atoms with Crippen LogP contribution in [-0.2, 0) is 0 Å². The van der Waals surface area contributed by atoms with Crippen LogP contribution in [0.4, 0.5) is 0 Å². The van der Waals surface area contributed by atoms with Gasteiger partial charge in [0.25, 0.3) is 0 Å². The number of benzene rings is 6. The summed E-state index contributed by atoms with van der Waals surface area (Å²) < 4.78 is 6.79. The summed E-state index contributed by atoms with van der Waals surface area (Å²) in [7, 11) is 0. The Bertz CT molecular complexity index is 2830. The van der Waals surface area contributed by atoms with Crippen molar-refractivity contribution < 1.29 is 4.42 Å². The molecule has 0 aliphatic heterocycles. The van der Waals surface area contributed by atoms with Gasteiger partial charge in [-0.25, -0.2) is 0 Å².